The van der Waals surface area contributed by atoms with Gasteiger partial charge in [-0.05, 0) is 18.9 Å². The molecule has 1 N–H and O–H groups in total. The molecule has 3 atom stereocenters. The van der Waals surface area contributed by atoms with E-state index in [0.29, 0.717) is 12.0 Å². The molecule has 0 saturated carbocycles. The zero-order valence-corrected chi connectivity index (χ0v) is 9.34. The Labute approximate surface area is 85.8 Å². The van der Waals surface area contributed by atoms with Gasteiger partial charge in [0.2, 0.25) is 5.91 Å². The van der Waals surface area contributed by atoms with E-state index in [-0.39, 0.29) is 11.3 Å². The molecule has 2 saturated heterocycles. The molecule has 2 aliphatic rings. The first-order valence-electron chi connectivity index (χ1n) is 5.50. The van der Waals surface area contributed by atoms with Crippen molar-refractivity contribution in [3.63, 3.8) is 0 Å². The van der Waals surface area contributed by atoms with E-state index >= 15 is 0 Å². The average molecular weight is 196 g/mol. The van der Waals surface area contributed by atoms with Crippen molar-refractivity contribution in [2.45, 2.75) is 33.2 Å². The Morgan fingerprint density at radius 2 is 2.07 bits per heavy atom. The Bertz CT molecular complexity index is 244. The highest BCUT2D eigenvalue weighted by atomic mass is 16.2. The molecular formula is C11H20N2O. The van der Waals surface area contributed by atoms with Crippen LogP contribution < -0.4 is 5.32 Å². The van der Waals surface area contributed by atoms with Crippen molar-refractivity contribution < 1.29 is 4.79 Å². The van der Waals surface area contributed by atoms with Crippen molar-refractivity contribution in [2.75, 3.05) is 19.6 Å². The Kier molecular flexibility index (Phi) is 2.30. The highest BCUT2D eigenvalue weighted by molar-refractivity contribution is 5.81. The van der Waals surface area contributed by atoms with Gasteiger partial charge in [0.05, 0.1) is 0 Å². The van der Waals surface area contributed by atoms with E-state index in [1.54, 1.807) is 0 Å². The molecule has 2 rings (SSSR count). The van der Waals surface area contributed by atoms with Gasteiger partial charge in [-0.3, -0.25) is 4.79 Å². The van der Waals surface area contributed by atoms with E-state index < -0.39 is 0 Å². The SMILES string of the molecule is CC(C)(C)C(=O)N[C@@H]1C[N@@]2CC[C@@H]1C2. The number of amides is 1. The molecule has 80 valence electrons. The first kappa shape index (κ1) is 9.97. The number of hydrogen-bond acceptors (Lipinski definition) is 2. The van der Waals surface area contributed by atoms with Crippen LogP contribution in [0.4, 0.5) is 0 Å². The van der Waals surface area contributed by atoms with Crippen LogP contribution in [0.15, 0.2) is 0 Å². The second-order valence-corrected chi connectivity index (χ2v) is 5.64. The second-order valence-electron chi connectivity index (χ2n) is 5.64. The smallest absolute Gasteiger partial charge is 0.225 e. The lowest BCUT2D eigenvalue weighted by molar-refractivity contribution is -0.129. The second kappa shape index (κ2) is 3.23. The van der Waals surface area contributed by atoms with Gasteiger partial charge >= 0.3 is 0 Å². The van der Waals surface area contributed by atoms with Crippen LogP contribution in [0.25, 0.3) is 0 Å². The molecule has 2 fully saturated rings. The van der Waals surface area contributed by atoms with E-state index in [1.807, 2.05) is 20.8 Å². The number of carbonyl (C=O) groups is 1. The lowest BCUT2D eigenvalue weighted by Gasteiger charge is -2.27. The van der Waals surface area contributed by atoms with Crippen molar-refractivity contribution in [3.05, 3.63) is 0 Å². The Morgan fingerprint density at radius 1 is 1.36 bits per heavy atom. The number of fused-ring (bicyclic) bond motifs is 2. The van der Waals surface area contributed by atoms with Crippen molar-refractivity contribution in [2.24, 2.45) is 11.3 Å². The molecule has 0 aromatic carbocycles. The van der Waals surface area contributed by atoms with Gasteiger partial charge in [-0.25, -0.2) is 0 Å². The van der Waals surface area contributed by atoms with Gasteiger partial charge in [0.25, 0.3) is 0 Å². The highest BCUT2D eigenvalue weighted by Crippen LogP contribution is 2.28. The standard InChI is InChI=1S/C11H20N2O/c1-11(2,3)10(14)12-9-7-13-5-4-8(9)6-13/h8-9H,4-7H2,1-3H3,(H,12,14)/t8-,9-/m1/s1. The van der Waals surface area contributed by atoms with Crippen LogP contribution >= 0.6 is 0 Å². The quantitative estimate of drug-likeness (QED) is 0.674. The van der Waals surface area contributed by atoms with Crippen LogP contribution in [0.3, 0.4) is 0 Å². The predicted molar refractivity (Wildman–Crippen MR) is 55.9 cm³/mol. The summed E-state index contributed by atoms with van der Waals surface area (Å²) in [6.45, 7) is 9.38. The fraction of sp³-hybridized carbons (Fsp3) is 0.909. The fourth-order valence-electron chi connectivity index (χ4n) is 2.33. The summed E-state index contributed by atoms with van der Waals surface area (Å²) in [6.07, 6.45) is 1.26. The van der Waals surface area contributed by atoms with Gasteiger partial charge in [-0.2, -0.15) is 0 Å². The van der Waals surface area contributed by atoms with Gasteiger partial charge in [0.1, 0.15) is 0 Å². The number of carbonyl (C=O) groups excluding carboxylic acids is 1. The summed E-state index contributed by atoms with van der Waals surface area (Å²) >= 11 is 0. The lowest BCUT2D eigenvalue weighted by atomic mass is 9.93. The lowest BCUT2D eigenvalue weighted by Crippen LogP contribution is -2.47. The minimum absolute atomic E-state index is 0.191. The third-order valence-corrected chi connectivity index (χ3v) is 3.33. The molecule has 0 aliphatic carbocycles. The van der Waals surface area contributed by atoms with E-state index in [4.69, 9.17) is 0 Å². The van der Waals surface area contributed by atoms with Crippen LogP contribution in [0.5, 0.6) is 0 Å². The topological polar surface area (TPSA) is 32.3 Å². The average Bonchev–Trinajstić information content (AvgIpc) is 2.62. The Hall–Kier alpha value is -0.570. The zero-order chi connectivity index (χ0) is 10.3. The minimum atomic E-state index is -0.253. The summed E-state index contributed by atoms with van der Waals surface area (Å²) in [6, 6.07) is 0.412. The third-order valence-electron chi connectivity index (χ3n) is 3.33. The Balaban J connectivity index is 1.90. The van der Waals surface area contributed by atoms with Crippen LogP contribution in [0.2, 0.25) is 0 Å². The molecule has 0 aromatic heterocycles. The first-order chi connectivity index (χ1) is 6.47. The van der Waals surface area contributed by atoms with Crippen LogP contribution in [-0.4, -0.2) is 36.5 Å². The monoisotopic (exact) mass is 196 g/mol. The molecule has 2 heterocycles. The van der Waals surface area contributed by atoms with E-state index in [9.17, 15) is 4.79 Å². The van der Waals surface area contributed by atoms with Crippen molar-refractivity contribution in [1.29, 1.82) is 0 Å². The largest absolute Gasteiger partial charge is 0.351 e. The molecule has 0 aromatic rings. The fourth-order valence-corrected chi connectivity index (χ4v) is 2.33. The van der Waals surface area contributed by atoms with Crippen molar-refractivity contribution in [3.8, 4) is 0 Å². The molecule has 0 spiro atoms. The maximum atomic E-state index is 11.8. The maximum absolute atomic E-state index is 11.8. The predicted octanol–water partition coefficient (Wildman–Crippen LogP) is 0.853. The molecule has 0 unspecified atom stereocenters. The molecule has 1 amide bonds. The van der Waals surface area contributed by atoms with E-state index in [2.05, 4.69) is 10.2 Å². The van der Waals surface area contributed by atoms with Gasteiger partial charge in [0, 0.05) is 24.5 Å². The summed E-state index contributed by atoms with van der Waals surface area (Å²) in [4.78, 5) is 14.2. The van der Waals surface area contributed by atoms with Gasteiger partial charge in [0.15, 0.2) is 0 Å². The summed E-state index contributed by atoms with van der Waals surface area (Å²) in [5.74, 6) is 0.901. The number of nitrogens with one attached hydrogen (secondary N) is 1. The first-order valence-corrected chi connectivity index (χ1v) is 5.50. The summed E-state index contributed by atoms with van der Waals surface area (Å²) in [7, 11) is 0. The van der Waals surface area contributed by atoms with E-state index in [1.165, 1.54) is 19.5 Å². The summed E-state index contributed by atoms with van der Waals surface area (Å²) < 4.78 is 0. The van der Waals surface area contributed by atoms with Crippen LogP contribution in [0, 0.1) is 11.3 Å². The molecule has 14 heavy (non-hydrogen) atoms. The van der Waals surface area contributed by atoms with Crippen LogP contribution in [0.1, 0.15) is 27.2 Å². The number of piperidine rings is 1. The third kappa shape index (κ3) is 1.78. The number of nitrogens with zero attached hydrogens (tertiary/aromatic N) is 1. The van der Waals surface area contributed by atoms with Gasteiger partial charge in [-0.1, -0.05) is 20.8 Å². The normalized spacial score (nSPS) is 36.1. The van der Waals surface area contributed by atoms with Gasteiger partial charge in [-0.15, -0.1) is 0 Å². The molecule has 3 heteroatoms. The molecule has 2 bridgehead atoms. The summed E-state index contributed by atoms with van der Waals surface area (Å²) in [5, 5.41) is 3.17. The zero-order valence-electron chi connectivity index (χ0n) is 9.34. The van der Waals surface area contributed by atoms with Crippen LogP contribution in [-0.2, 0) is 4.79 Å². The maximum Gasteiger partial charge on any atom is 0.225 e. The van der Waals surface area contributed by atoms with Crippen molar-refractivity contribution in [1.82, 2.24) is 10.2 Å². The number of hydrogen-bond donors (Lipinski definition) is 1. The molecule has 2 aliphatic heterocycles. The van der Waals surface area contributed by atoms with E-state index in [0.717, 1.165) is 6.54 Å². The molecule has 0 radical (unpaired) electrons. The van der Waals surface area contributed by atoms with Crippen molar-refractivity contribution >= 4 is 5.91 Å². The highest BCUT2D eigenvalue weighted by Gasteiger charge is 2.39. The molecular weight excluding hydrogens is 176 g/mol. The minimum Gasteiger partial charge on any atom is -0.351 e. The summed E-state index contributed by atoms with van der Waals surface area (Å²) in [5.41, 5.74) is -0.253. The van der Waals surface area contributed by atoms with Gasteiger partial charge < -0.3 is 10.2 Å². The number of rotatable bonds is 1. The molecule has 3 nitrogen and oxygen atoms in total. The Morgan fingerprint density at radius 3 is 2.50 bits per heavy atom.